The number of benzene rings is 1. The standard InChI is InChI=1S/C10H5ClF2N4O2/c11-10-14-4-8(17(18)19)9(16-10)15-7-2-5(12)1-6(13)3-7/h1-4H,(H,14,15,16). The Morgan fingerprint density at radius 2 is 1.89 bits per heavy atom. The summed E-state index contributed by atoms with van der Waals surface area (Å²) < 4.78 is 26.0. The second-order valence-corrected chi connectivity index (χ2v) is 3.75. The van der Waals surface area contributed by atoms with Crippen molar-refractivity contribution in [2.24, 2.45) is 0 Å². The van der Waals surface area contributed by atoms with Crippen LogP contribution in [-0.4, -0.2) is 14.9 Å². The molecule has 2 rings (SSSR count). The Bertz CT molecular complexity index is 633. The summed E-state index contributed by atoms with van der Waals surface area (Å²) in [6, 6.07) is 2.60. The molecule has 0 bridgehead atoms. The maximum Gasteiger partial charge on any atom is 0.329 e. The van der Waals surface area contributed by atoms with E-state index < -0.39 is 22.2 Å². The third-order valence-electron chi connectivity index (χ3n) is 2.06. The number of hydrogen-bond donors (Lipinski definition) is 1. The first-order valence-corrected chi connectivity index (χ1v) is 5.23. The van der Waals surface area contributed by atoms with Crippen LogP contribution in [0.15, 0.2) is 24.4 Å². The van der Waals surface area contributed by atoms with Crippen molar-refractivity contribution in [1.82, 2.24) is 9.97 Å². The van der Waals surface area contributed by atoms with Gasteiger partial charge in [-0.3, -0.25) is 10.1 Å². The van der Waals surface area contributed by atoms with Gasteiger partial charge in [0, 0.05) is 11.8 Å². The lowest BCUT2D eigenvalue weighted by Crippen LogP contribution is -2.01. The lowest BCUT2D eigenvalue weighted by atomic mass is 10.3. The Hall–Kier alpha value is -2.35. The highest BCUT2D eigenvalue weighted by molar-refractivity contribution is 6.28. The maximum absolute atomic E-state index is 13.0. The molecule has 1 aromatic carbocycles. The number of rotatable bonds is 3. The van der Waals surface area contributed by atoms with Gasteiger partial charge in [0.15, 0.2) is 0 Å². The van der Waals surface area contributed by atoms with Crippen molar-refractivity contribution in [2.75, 3.05) is 5.32 Å². The van der Waals surface area contributed by atoms with Crippen LogP contribution in [0.5, 0.6) is 0 Å². The van der Waals surface area contributed by atoms with Crippen LogP contribution in [-0.2, 0) is 0 Å². The number of nitrogens with one attached hydrogen (secondary N) is 1. The highest BCUT2D eigenvalue weighted by Gasteiger charge is 2.17. The summed E-state index contributed by atoms with van der Waals surface area (Å²) in [7, 11) is 0. The van der Waals surface area contributed by atoms with Gasteiger partial charge in [-0.25, -0.2) is 13.8 Å². The number of anilines is 2. The van der Waals surface area contributed by atoms with Crippen LogP contribution in [0.4, 0.5) is 26.0 Å². The normalized spacial score (nSPS) is 10.3. The van der Waals surface area contributed by atoms with E-state index >= 15 is 0 Å². The number of halogens is 3. The molecule has 0 fully saturated rings. The van der Waals surface area contributed by atoms with Crippen molar-refractivity contribution >= 4 is 28.8 Å². The highest BCUT2D eigenvalue weighted by Crippen LogP contribution is 2.26. The second-order valence-electron chi connectivity index (χ2n) is 3.41. The van der Waals surface area contributed by atoms with Crippen LogP contribution in [0, 0.1) is 21.7 Å². The quantitative estimate of drug-likeness (QED) is 0.533. The summed E-state index contributed by atoms with van der Waals surface area (Å²) in [6.07, 6.45) is 0.896. The first kappa shape index (κ1) is 13.1. The summed E-state index contributed by atoms with van der Waals surface area (Å²) in [5.41, 5.74) is -0.496. The lowest BCUT2D eigenvalue weighted by Gasteiger charge is -2.06. The summed E-state index contributed by atoms with van der Waals surface area (Å²) in [6.45, 7) is 0. The molecule has 0 aliphatic carbocycles. The minimum Gasteiger partial charge on any atom is -0.334 e. The molecule has 0 aliphatic heterocycles. The molecule has 1 aromatic heterocycles. The molecule has 0 amide bonds. The van der Waals surface area contributed by atoms with E-state index in [0.29, 0.717) is 6.07 Å². The average molecular weight is 287 g/mol. The van der Waals surface area contributed by atoms with Crippen molar-refractivity contribution in [1.29, 1.82) is 0 Å². The van der Waals surface area contributed by atoms with Crippen molar-refractivity contribution in [3.63, 3.8) is 0 Å². The van der Waals surface area contributed by atoms with Crippen LogP contribution in [0.2, 0.25) is 5.28 Å². The summed E-state index contributed by atoms with van der Waals surface area (Å²) in [5.74, 6) is -1.91. The number of nitrogens with zero attached hydrogens (tertiary/aromatic N) is 3. The Kier molecular flexibility index (Phi) is 3.52. The van der Waals surface area contributed by atoms with Gasteiger partial charge < -0.3 is 5.32 Å². The van der Waals surface area contributed by atoms with E-state index in [-0.39, 0.29) is 16.8 Å². The smallest absolute Gasteiger partial charge is 0.329 e. The van der Waals surface area contributed by atoms with Gasteiger partial charge in [-0.2, -0.15) is 4.98 Å². The fourth-order valence-corrected chi connectivity index (χ4v) is 1.48. The summed E-state index contributed by atoms with van der Waals surface area (Å²) in [5, 5.41) is 12.9. The van der Waals surface area contributed by atoms with Crippen molar-refractivity contribution in [3.8, 4) is 0 Å². The molecule has 6 nitrogen and oxygen atoms in total. The molecule has 0 aliphatic rings. The van der Waals surface area contributed by atoms with Crippen LogP contribution in [0.1, 0.15) is 0 Å². The monoisotopic (exact) mass is 286 g/mol. The van der Waals surface area contributed by atoms with E-state index in [9.17, 15) is 18.9 Å². The van der Waals surface area contributed by atoms with Crippen LogP contribution in [0.3, 0.4) is 0 Å². The van der Waals surface area contributed by atoms with Gasteiger partial charge in [0.05, 0.1) is 4.92 Å². The van der Waals surface area contributed by atoms with Crippen LogP contribution < -0.4 is 5.32 Å². The lowest BCUT2D eigenvalue weighted by molar-refractivity contribution is -0.384. The minimum atomic E-state index is -0.828. The molecule has 0 radical (unpaired) electrons. The predicted molar refractivity (Wildman–Crippen MR) is 63.3 cm³/mol. The first-order valence-electron chi connectivity index (χ1n) is 4.86. The molecule has 0 spiro atoms. The van der Waals surface area contributed by atoms with Crippen molar-refractivity contribution in [2.45, 2.75) is 0 Å². The van der Waals surface area contributed by atoms with Gasteiger partial charge in [0.2, 0.25) is 11.1 Å². The molecule has 1 heterocycles. The van der Waals surface area contributed by atoms with E-state index in [1.165, 1.54) is 0 Å². The van der Waals surface area contributed by atoms with Gasteiger partial charge in [-0.05, 0) is 23.7 Å². The molecule has 9 heteroatoms. The second kappa shape index (κ2) is 5.11. The van der Waals surface area contributed by atoms with Crippen molar-refractivity contribution < 1.29 is 13.7 Å². The average Bonchev–Trinajstić information content (AvgIpc) is 2.26. The Morgan fingerprint density at radius 1 is 1.26 bits per heavy atom. The molecular formula is C10H5ClF2N4O2. The highest BCUT2D eigenvalue weighted by atomic mass is 35.5. The van der Waals surface area contributed by atoms with Gasteiger partial charge in [0.1, 0.15) is 17.8 Å². The first-order chi connectivity index (χ1) is 8.95. The number of nitro groups is 1. The maximum atomic E-state index is 13.0. The molecule has 98 valence electrons. The zero-order chi connectivity index (χ0) is 14.0. The molecule has 0 unspecified atom stereocenters. The molecular weight excluding hydrogens is 282 g/mol. The van der Waals surface area contributed by atoms with Gasteiger partial charge in [-0.1, -0.05) is 0 Å². The Labute approximate surface area is 110 Å². The van der Waals surface area contributed by atoms with Gasteiger partial charge in [0.25, 0.3) is 0 Å². The summed E-state index contributed by atoms with van der Waals surface area (Å²) >= 11 is 5.52. The van der Waals surface area contributed by atoms with E-state index in [1.807, 2.05) is 0 Å². The van der Waals surface area contributed by atoms with Crippen LogP contribution in [0.25, 0.3) is 0 Å². The fourth-order valence-electron chi connectivity index (χ4n) is 1.34. The molecule has 2 aromatic rings. The molecule has 0 atom stereocenters. The molecule has 1 N–H and O–H groups in total. The Balaban J connectivity index is 2.42. The number of hydrogen-bond acceptors (Lipinski definition) is 5. The minimum absolute atomic E-state index is 0.0321. The molecule has 0 saturated heterocycles. The molecule has 0 saturated carbocycles. The van der Waals surface area contributed by atoms with E-state index in [1.54, 1.807) is 0 Å². The topological polar surface area (TPSA) is 81.0 Å². The molecule has 19 heavy (non-hydrogen) atoms. The zero-order valence-electron chi connectivity index (χ0n) is 9.10. The largest absolute Gasteiger partial charge is 0.334 e. The fraction of sp³-hybridized carbons (Fsp3) is 0. The van der Waals surface area contributed by atoms with Crippen molar-refractivity contribution in [3.05, 3.63) is 51.4 Å². The third-order valence-corrected chi connectivity index (χ3v) is 2.24. The third kappa shape index (κ3) is 3.10. The van der Waals surface area contributed by atoms with E-state index in [2.05, 4.69) is 15.3 Å². The SMILES string of the molecule is O=[N+]([O-])c1cnc(Cl)nc1Nc1cc(F)cc(F)c1. The van der Waals surface area contributed by atoms with E-state index in [0.717, 1.165) is 18.3 Å². The Morgan fingerprint density at radius 3 is 2.47 bits per heavy atom. The number of aromatic nitrogens is 2. The van der Waals surface area contributed by atoms with Gasteiger partial charge in [-0.15, -0.1) is 0 Å². The van der Waals surface area contributed by atoms with E-state index in [4.69, 9.17) is 11.6 Å². The van der Waals surface area contributed by atoms with Gasteiger partial charge >= 0.3 is 5.69 Å². The zero-order valence-corrected chi connectivity index (χ0v) is 9.86. The van der Waals surface area contributed by atoms with Crippen LogP contribution >= 0.6 is 11.6 Å². The summed E-state index contributed by atoms with van der Waals surface area (Å²) in [4.78, 5) is 17.1. The predicted octanol–water partition coefficient (Wildman–Crippen LogP) is 3.06.